The first-order valence-corrected chi connectivity index (χ1v) is 8.63. The summed E-state index contributed by atoms with van der Waals surface area (Å²) >= 11 is 0. The molecule has 0 atom stereocenters. The fraction of sp³-hybridized carbons (Fsp3) is 0.130. The van der Waals surface area contributed by atoms with Gasteiger partial charge in [0.25, 0.3) is 5.91 Å². The van der Waals surface area contributed by atoms with Crippen LogP contribution < -0.4 is 0 Å². The topological polar surface area (TPSA) is 33.2 Å². The molecule has 1 heterocycles. The van der Waals surface area contributed by atoms with E-state index < -0.39 is 0 Å². The van der Waals surface area contributed by atoms with E-state index in [0.717, 1.165) is 27.7 Å². The van der Waals surface area contributed by atoms with Crippen LogP contribution in [-0.2, 0) is 0 Å². The lowest BCUT2D eigenvalue weighted by Crippen LogP contribution is -2.32. The Hall–Kier alpha value is -3.20. The molecule has 0 fully saturated rings. The smallest absolute Gasteiger partial charge is 0.255 e. The molecule has 3 nitrogen and oxygen atoms in total. The van der Waals surface area contributed by atoms with Gasteiger partial charge < -0.3 is 4.90 Å². The molecule has 0 N–H and O–H groups in total. The summed E-state index contributed by atoms with van der Waals surface area (Å²) in [6.07, 6.45) is 3.47. The van der Waals surface area contributed by atoms with Gasteiger partial charge in [-0.1, -0.05) is 60.7 Å². The Morgan fingerprint density at radius 3 is 2.27 bits per heavy atom. The third kappa shape index (κ3) is 3.29. The molecule has 0 unspecified atom stereocenters. The first-order valence-electron chi connectivity index (χ1n) is 8.63. The predicted molar refractivity (Wildman–Crippen MR) is 108 cm³/mol. The highest BCUT2D eigenvalue weighted by molar-refractivity contribution is 6.09. The Morgan fingerprint density at radius 1 is 1.00 bits per heavy atom. The maximum Gasteiger partial charge on any atom is 0.255 e. The minimum Gasteiger partial charge on any atom is -0.331 e. The molecule has 0 bridgehead atoms. The molecule has 0 aliphatic rings. The average molecular weight is 342 g/mol. The molecule has 0 saturated carbocycles. The standard InChI is InChI=1S/C23H22N2O/c1-4-15-25(16-5-2)23(26)21-17(3)22(18-11-7-6-8-12-18)24-20-14-10-9-13-19(20)21/h4-14H,1-2,15-16H2,3H3. The van der Waals surface area contributed by atoms with Crippen molar-refractivity contribution in [3.63, 3.8) is 0 Å². The SMILES string of the molecule is C=CCN(CC=C)C(=O)c1c(C)c(-c2ccccc2)nc2ccccc12. The largest absolute Gasteiger partial charge is 0.331 e. The minimum atomic E-state index is -0.0296. The van der Waals surface area contributed by atoms with Crippen molar-refractivity contribution in [2.24, 2.45) is 0 Å². The summed E-state index contributed by atoms with van der Waals surface area (Å²) in [5.41, 5.74) is 4.24. The number of benzene rings is 2. The molecule has 1 aromatic heterocycles. The zero-order valence-electron chi connectivity index (χ0n) is 15.0. The average Bonchev–Trinajstić information content (AvgIpc) is 2.67. The number of pyridine rings is 1. The fourth-order valence-corrected chi connectivity index (χ4v) is 3.17. The molecule has 2 aromatic carbocycles. The van der Waals surface area contributed by atoms with Gasteiger partial charge in [0.05, 0.1) is 16.8 Å². The normalized spacial score (nSPS) is 10.5. The van der Waals surface area contributed by atoms with Crippen LogP contribution in [0.2, 0.25) is 0 Å². The second kappa shape index (κ2) is 7.79. The summed E-state index contributed by atoms with van der Waals surface area (Å²) in [5.74, 6) is -0.0296. The van der Waals surface area contributed by atoms with Crippen molar-refractivity contribution in [1.82, 2.24) is 9.88 Å². The van der Waals surface area contributed by atoms with Crippen LogP contribution >= 0.6 is 0 Å². The maximum atomic E-state index is 13.3. The molecule has 130 valence electrons. The number of carbonyl (C=O) groups excluding carboxylic acids is 1. The van der Waals surface area contributed by atoms with Crippen molar-refractivity contribution < 1.29 is 4.79 Å². The zero-order valence-corrected chi connectivity index (χ0v) is 15.0. The van der Waals surface area contributed by atoms with E-state index in [1.807, 2.05) is 61.5 Å². The lowest BCUT2D eigenvalue weighted by atomic mass is 9.96. The Kier molecular flexibility index (Phi) is 5.28. The third-order valence-electron chi connectivity index (χ3n) is 4.38. The Bertz CT molecular complexity index is 951. The van der Waals surface area contributed by atoms with Crippen molar-refractivity contribution in [1.29, 1.82) is 0 Å². The Morgan fingerprint density at radius 2 is 1.62 bits per heavy atom. The van der Waals surface area contributed by atoms with Gasteiger partial charge in [-0.3, -0.25) is 4.79 Å². The number of hydrogen-bond acceptors (Lipinski definition) is 2. The van der Waals surface area contributed by atoms with E-state index in [1.165, 1.54) is 0 Å². The monoisotopic (exact) mass is 342 g/mol. The molecule has 1 amide bonds. The van der Waals surface area contributed by atoms with E-state index in [1.54, 1.807) is 17.1 Å². The minimum absolute atomic E-state index is 0.0296. The Labute approximate surface area is 154 Å². The third-order valence-corrected chi connectivity index (χ3v) is 4.38. The van der Waals surface area contributed by atoms with E-state index >= 15 is 0 Å². The highest BCUT2D eigenvalue weighted by atomic mass is 16.2. The molecule has 3 aromatic rings. The summed E-state index contributed by atoms with van der Waals surface area (Å²) < 4.78 is 0. The molecular weight excluding hydrogens is 320 g/mol. The van der Waals surface area contributed by atoms with E-state index in [4.69, 9.17) is 4.98 Å². The number of rotatable bonds is 6. The number of fused-ring (bicyclic) bond motifs is 1. The van der Waals surface area contributed by atoms with Crippen LogP contribution in [0.5, 0.6) is 0 Å². The van der Waals surface area contributed by atoms with Gasteiger partial charge in [0.15, 0.2) is 0 Å². The molecule has 26 heavy (non-hydrogen) atoms. The molecule has 3 heteroatoms. The quantitative estimate of drug-likeness (QED) is 0.589. The molecule has 0 saturated heterocycles. The Balaban J connectivity index is 2.26. The number of aromatic nitrogens is 1. The molecule has 3 rings (SSSR count). The lowest BCUT2D eigenvalue weighted by Gasteiger charge is -2.22. The van der Waals surface area contributed by atoms with Crippen molar-refractivity contribution >= 4 is 16.8 Å². The van der Waals surface area contributed by atoms with E-state index in [9.17, 15) is 4.79 Å². The van der Waals surface area contributed by atoms with Gasteiger partial charge >= 0.3 is 0 Å². The van der Waals surface area contributed by atoms with Crippen LogP contribution in [0.25, 0.3) is 22.2 Å². The van der Waals surface area contributed by atoms with E-state index in [2.05, 4.69) is 13.2 Å². The number of carbonyl (C=O) groups is 1. The molecule has 0 aliphatic carbocycles. The van der Waals surface area contributed by atoms with Gasteiger partial charge in [-0.15, -0.1) is 13.2 Å². The van der Waals surface area contributed by atoms with Crippen LogP contribution in [0.3, 0.4) is 0 Å². The molecular formula is C23H22N2O. The number of amides is 1. The van der Waals surface area contributed by atoms with Gasteiger partial charge in [0.1, 0.15) is 0 Å². The van der Waals surface area contributed by atoms with Crippen molar-refractivity contribution in [2.45, 2.75) is 6.92 Å². The van der Waals surface area contributed by atoms with Gasteiger partial charge in [0.2, 0.25) is 0 Å². The van der Waals surface area contributed by atoms with Gasteiger partial charge in [0, 0.05) is 24.0 Å². The van der Waals surface area contributed by atoms with Crippen molar-refractivity contribution in [3.8, 4) is 11.3 Å². The van der Waals surface area contributed by atoms with Crippen LogP contribution in [0.15, 0.2) is 79.9 Å². The summed E-state index contributed by atoms with van der Waals surface area (Å²) in [6, 6.07) is 17.8. The second-order valence-corrected chi connectivity index (χ2v) is 6.13. The highest BCUT2D eigenvalue weighted by Crippen LogP contribution is 2.30. The number of nitrogens with zero attached hydrogens (tertiary/aromatic N) is 2. The maximum absolute atomic E-state index is 13.3. The summed E-state index contributed by atoms with van der Waals surface area (Å²) in [5, 5.41) is 0.868. The van der Waals surface area contributed by atoms with Crippen molar-refractivity contribution in [3.05, 3.63) is 91.0 Å². The molecule has 0 radical (unpaired) electrons. The van der Waals surface area contributed by atoms with Crippen LogP contribution in [0.4, 0.5) is 0 Å². The van der Waals surface area contributed by atoms with E-state index in [-0.39, 0.29) is 5.91 Å². The highest BCUT2D eigenvalue weighted by Gasteiger charge is 2.22. The summed E-state index contributed by atoms with van der Waals surface area (Å²) in [6.45, 7) is 10.5. The van der Waals surface area contributed by atoms with Crippen molar-refractivity contribution in [2.75, 3.05) is 13.1 Å². The number of hydrogen-bond donors (Lipinski definition) is 0. The van der Waals surface area contributed by atoms with Gasteiger partial charge in [-0.25, -0.2) is 4.98 Å². The summed E-state index contributed by atoms with van der Waals surface area (Å²) in [7, 11) is 0. The fourth-order valence-electron chi connectivity index (χ4n) is 3.17. The predicted octanol–water partition coefficient (Wildman–Crippen LogP) is 5.02. The molecule has 0 spiro atoms. The first-order chi connectivity index (χ1) is 12.7. The van der Waals surface area contributed by atoms with Crippen LogP contribution in [-0.4, -0.2) is 28.9 Å². The second-order valence-electron chi connectivity index (χ2n) is 6.13. The molecule has 0 aliphatic heterocycles. The lowest BCUT2D eigenvalue weighted by molar-refractivity contribution is 0.0792. The van der Waals surface area contributed by atoms with Crippen LogP contribution in [0, 0.1) is 6.92 Å². The van der Waals surface area contributed by atoms with Gasteiger partial charge in [-0.2, -0.15) is 0 Å². The van der Waals surface area contributed by atoms with Crippen LogP contribution in [0.1, 0.15) is 15.9 Å². The van der Waals surface area contributed by atoms with E-state index in [0.29, 0.717) is 18.7 Å². The first kappa shape index (κ1) is 17.6. The summed E-state index contributed by atoms with van der Waals surface area (Å²) in [4.78, 5) is 19.9. The zero-order chi connectivity index (χ0) is 18.5. The van der Waals surface area contributed by atoms with Gasteiger partial charge in [-0.05, 0) is 18.6 Å². The number of para-hydroxylation sites is 1.